The maximum atomic E-state index is 12.3. The van der Waals surface area contributed by atoms with E-state index >= 15 is 0 Å². The zero-order valence-electron chi connectivity index (χ0n) is 17.0. The summed E-state index contributed by atoms with van der Waals surface area (Å²) in [6, 6.07) is 15.1. The number of fused-ring (bicyclic) bond motifs is 3. The lowest BCUT2D eigenvalue weighted by molar-refractivity contribution is -0.163. The molecule has 2 aromatic rings. The fourth-order valence-electron chi connectivity index (χ4n) is 3.84. The SMILES string of the molecule is C[C@H](NC(=O)OCC1c2ccccc2-c2ccccc21)C(=O)NOC(C(=O)O)C1CC1. The molecule has 8 heteroatoms. The Kier molecular flexibility index (Phi) is 5.90. The minimum atomic E-state index is -1.13. The Morgan fingerprint density at radius 3 is 2.16 bits per heavy atom. The van der Waals surface area contributed by atoms with E-state index in [0.717, 1.165) is 35.1 Å². The highest BCUT2D eigenvalue weighted by Gasteiger charge is 2.38. The first kappa shape index (κ1) is 20.9. The van der Waals surface area contributed by atoms with Crippen molar-refractivity contribution in [2.75, 3.05) is 6.61 Å². The highest BCUT2D eigenvalue weighted by molar-refractivity contribution is 5.85. The lowest BCUT2D eigenvalue weighted by Gasteiger charge is -2.18. The van der Waals surface area contributed by atoms with Crippen LogP contribution < -0.4 is 10.8 Å². The minimum absolute atomic E-state index is 0.0829. The molecule has 8 nitrogen and oxygen atoms in total. The van der Waals surface area contributed by atoms with Crippen molar-refractivity contribution in [2.45, 2.75) is 37.8 Å². The number of hydrogen-bond acceptors (Lipinski definition) is 5. The molecular weight excluding hydrogens is 400 g/mol. The number of hydrogen-bond donors (Lipinski definition) is 3. The second-order valence-electron chi connectivity index (χ2n) is 7.87. The van der Waals surface area contributed by atoms with Crippen LogP contribution in [0.1, 0.15) is 36.8 Å². The van der Waals surface area contributed by atoms with Gasteiger partial charge in [0, 0.05) is 5.92 Å². The van der Waals surface area contributed by atoms with Crippen molar-refractivity contribution in [3.63, 3.8) is 0 Å². The molecule has 0 radical (unpaired) electrons. The van der Waals surface area contributed by atoms with Gasteiger partial charge in [-0.15, -0.1) is 0 Å². The van der Waals surface area contributed by atoms with Crippen LogP contribution in [0.25, 0.3) is 11.1 Å². The van der Waals surface area contributed by atoms with Gasteiger partial charge < -0.3 is 15.2 Å². The number of carbonyl (C=O) groups excluding carboxylic acids is 2. The van der Waals surface area contributed by atoms with Gasteiger partial charge in [0.2, 0.25) is 0 Å². The fourth-order valence-corrected chi connectivity index (χ4v) is 3.84. The summed E-state index contributed by atoms with van der Waals surface area (Å²) < 4.78 is 5.41. The van der Waals surface area contributed by atoms with E-state index < -0.39 is 30.1 Å². The maximum Gasteiger partial charge on any atom is 0.407 e. The lowest BCUT2D eigenvalue weighted by Crippen LogP contribution is -2.47. The van der Waals surface area contributed by atoms with Crippen LogP contribution in [0.3, 0.4) is 0 Å². The first-order chi connectivity index (χ1) is 15.0. The Bertz CT molecular complexity index is 958. The number of rotatable bonds is 8. The zero-order chi connectivity index (χ0) is 22.0. The molecule has 1 fully saturated rings. The van der Waals surface area contributed by atoms with E-state index in [2.05, 4.69) is 10.8 Å². The summed E-state index contributed by atoms with van der Waals surface area (Å²) in [7, 11) is 0. The van der Waals surface area contributed by atoms with Crippen LogP contribution in [0.4, 0.5) is 4.79 Å². The molecule has 1 unspecified atom stereocenters. The first-order valence-electron chi connectivity index (χ1n) is 10.3. The topological polar surface area (TPSA) is 114 Å². The van der Waals surface area contributed by atoms with Crippen molar-refractivity contribution in [1.29, 1.82) is 0 Å². The molecule has 1 saturated carbocycles. The summed E-state index contributed by atoms with van der Waals surface area (Å²) in [5, 5.41) is 11.6. The Labute approximate surface area is 179 Å². The molecule has 0 bridgehead atoms. The van der Waals surface area contributed by atoms with Gasteiger partial charge in [-0.1, -0.05) is 48.5 Å². The number of ether oxygens (including phenoxy) is 1. The van der Waals surface area contributed by atoms with Crippen molar-refractivity contribution in [1.82, 2.24) is 10.8 Å². The number of carbonyl (C=O) groups is 3. The largest absolute Gasteiger partial charge is 0.479 e. The van der Waals surface area contributed by atoms with Gasteiger partial charge in [-0.3, -0.25) is 9.63 Å². The predicted octanol–water partition coefficient (Wildman–Crippen LogP) is 2.82. The fraction of sp³-hybridized carbons (Fsp3) is 0.348. The maximum absolute atomic E-state index is 12.3. The standard InChI is InChI=1S/C23H24N2O6/c1-13(21(26)25-31-20(22(27)28)14-10-11-14)24-23(29)30-12-19-17-8-4-2-6-15(17)16-7-3-5-9-18(16)19/h2-9,13-14,19-20H,10-12H2,1H3,(H,24,29)(H,25,26)(H,27,28)/t13-,20?/m0/s1. The number of amides is 2. The number of carboxylic acid groups (broad SMARTS) is 1. The summed E-state index contributed by atoms with van der Waals surface area (Å²) in [5.41, 5.74) is 6.56. The van der Waals surface area contributed by atoms with E-state index in [1.807, 2.05) is 48.5 Å². The van der Waals surface area contributed by atoms with E-state index in [0.29, 0.717) is 0 Å². The third-order valence-corrected chi connectivity index (χ3v) is 5.65. The Balaban J connectivity index is 1.30. The summed E-state index contributed by atoms with van der Waals surface area (Å²) in [6.45, 7) is 1.60. The van der Waals surface area contributed by atoms with E-state index in [-0.39, 0.29) is 18.4 Å². The highest BCUT2D eigenvalue weighted by Crippen LogP contribution is 2.44. The van der Waals surface area contributed by atoms with Crippen LogP contribution in [0.15, 0.2) is 48.5 Å². The normalized spacial score (nSPS) is 16.5. The van der Waals surface area contributed by atoms with Gasteiger partial charge in [-0.2, -0.15) is 0 Å². The molecule has 3 N–H and O–H groups in total. The summed E-state index contributed by atoms with van der Waals surface area (Å²) >= 11 is 0. The van der Waals surface area contributed by atoms with Gasteiger partial charge in [0.1, 0.15) is 12.6 Å². The Morgan fingerprint density at radius 1 is 1.03 bits per heavy atom. The number of nitrogens with one attached hydrogen (secondary N) is 2. The molecule has 2 aliphatic carbocycles. The van der Waals surface area contributed by atoms with Gasteiger partial charge in [-0.25, -0.2) is 15.1 Å². The van der Waals surface area contributed by atoms with Crippen LogP contribution in [0, 0.1) is 5.92 Å². The first-order valence-corrected chi connectivity index (χ1v) is 10.3. The number of aliphatic carboxylic acids is 1. The molecule has 2 aromatic carbocycles. The molecule has 2 aliphatic rings. The van der Waals surface area contributed by atoms with Crippen LogP contribution in [-0.4, -0.2) is 41.8 Å². The van der Waals surface area contributed by atoms with Gasteiger partial charge in [0.05, 0.1) is 0 Å². The van der Waals surface area contributed by atoms with E-state index in [1.54, 1.807) is 0 Å². The summed E-state index contributed by atoms with van der Waals surface area (Å²) in [6.07, 6.45) is -0.312. The van der Waals surface area contributed by atoms with Crippen LogP contribution >= 0.6 is 0 Å². The third kappa shape index (κ3) is 4.54. The Morgan fingerprint density at radius 2 is 1.61 bits per heavy atom. The van der Waals surface area contributed by atoms with Gasteiger partial charge in [-0.05, 0) is 47.9 Å². The average Bonchev–Trinajstić information content (AvgIpc) is 3.54. The predicted molar refractivity (Wildman–Crippen MR) is 111 cm³/mol. The van der Waals surface area contributed by atoms with Gasteiger partial charge >= 0.3 is 12.1 Å². The van der Waals surface area contributed by atoms with Crippen molar-refractivity contribution >= 4 is 18.0 Å². The van der Waals surface area contributed by atoms with E-state index in [9.17, 15) is 14.4 Å². The molecule has 2 amide bonds. The number of alkyl carbamates (subject to hydrolysis) is 1. The van der Waals surface area contributed by atoms with Crippen molar-refractivity contribution in [2.24, 2.45) is 5.92 Å². The van der Waals surface area contributed by atoms with Crippen molar-refractivity contribution in [3.8, 4) is 11.1 Å². The zero-order valence-corrected chi connectivity index (χ0v) is 17.0. The molecule has 0 aliphatic heterocycles. The minimum Gasteiger partial charge on any atom is -0.479 e. The number of benzene rings is 2. The van der Waals surface area contributed by atoms with Crippen LogP contribution in [-0.2, 0) is 19.2 Å². The monoisotopic (exact) mass is 424 g/mol. The average molecular weight is 424 g/mol. The highest BCUT2D eigenvalue weighted by atomic mass is 16.7. The van der Waals surface area contributed by atoms with Gasteiger partial charge in [0.25, 0.3) is 5.91 Å². The number of hydroxylamine groups is 1. The molecule has 0 spiro atoms. The lowest BCUT2D eigenvalue weighted by atomic mass is 9.98. The van der Waals surface area contributed by atoms with E-state index in [4.69, 9.17) is 14.7 Å². The van der Waals surface area contributed by atoms with Crippen molar-refractivity contribution < 1.29 is 29.1 Å². The van der Waals surface area contributed by atoms with Crippen molar-refractivity contribution in [3.05, 3.63) is 59.7 Å². The molecular formula is C23H24N2O6. The molecule has 31 heavy (non-hydrogen) atoms. The van der Waals surface area contributed by atoms with Crippen LogP contribution in [0.5, 0.6) is 0 Å². The smallest absolute Gasteiger partial charge is 0.407 e. The molecule has 2 atom stereocenters. The molecule has 4 rings (SSSR count). The van der Waals surface area contributed by atoms with E-state index in [1.165, 1.54) is 6.92 Å². The molecule has 0 heterocycles. The summed E-state index contributed by atoms with van der Waals surface area (Å²) in [5.74, 6) is -1.95. The summed E-state index contributed by atoms with van der Waals surface area (Å²) in [4.78, 5) is 40.6. The molecule has 0 saturated heterocycles. The van der Waals surface area contributed by atoms with Crippen LogP contribution in [0.2, 0.25) is 0 Å². The third-order valence-electron chi connectivity index (χ3n) is 5.65. The molecule has 162 valence electrons. The second kappa shape index (κ2) is 8.77. The van der Waals surface area contributed by atoms with Gasteiger partial charge in [0.15, 0.2) is 6.10 Å². The number of carboxylic acids is 1. The quantitative estimate of drug-likeness (QED) is 0.562. The Hall–Kier alpha value is -3.39. The molecule has 0 aromatic heterocycles. The second-order valence-corrected chi connectivity index (χ2v) is 7.87.